The van der Waals surface area contributed by atoms with Gasteiger partial charge in [0.2, 0.25) is 0 Å². The zero-order chi connectivity index (χ0) is 18.0. The Morgan fingerprint density at radius 3 is 2.31 bits per heavy atom. The molecule has 1 aliphatic heterocycles. The van der Waals surface area contributed by atoms with Gasteiger partial charge in [0.15, 0.2) is 5.78 Å². The predicted octanol–water partition coefficient (Wildman–Crippen LogP) is 3.80. The van der Waals surface area contributed by atoms with Gasteiger partial charge in [-0.25, -0.2) is 0 Å². The van der Waals surface area contributed by atoms with Crippen LogP contribution < -0.4 is 5.73 Å². The summed E-state index contributed by atoms with van der Waals surface area (Å²) in [6.07, 6.45) is 0.878. The Hall–Kier alpha value is -1.88. The largest absolute Gasteiger partial charge is 0.338 e. The van der Waals surface area contributed by atoms with Crippen molar-refractivity contribution in [2.75, 3.05) is 19.6 Å². The first-order valence-corrected chi connectivity index (χ1v) is 8.70. The minimum Gasteiger partial charge on any atom is -0.338 e. The lowest BCUT2D eigenvalue weighted by molar-refractivity contribution is 0.0772. The summed E-state index contributed by atoms with van der Waals surface area (Å²) in [4.78, 5) is 27.6. The van der Waals surface area contributed by atoms with E-state index < -0.39 is 0 Å². The highest BCUT2D eigenvalue weighted by Crippen LogP contribution is 2.30. The van der Waals surface area contributed by atoms with Gasteiger partial charge in [-0.1, -0.05) is 36.7 Å². The molecule has 0 aromatic heterocycles. The van der Waals surface area contributed by atoms with Gasteiger partial charge in [0.25, 0.3) is 5.91 Å². The molecule has 0 spiro atoms. The summed E-state index contributed by atoms with van der Waals surface area (Å²) in [5.41, 5.74) is 7.14. The van der Waals surface area contributed by atoms with Crippen molar-refractivity contribution in [3.8, 4) is 0 Å². The molecular weight excluding hydrogens is 371 g/mol. The van der Waals surface area contributed by atoms with Gasteiger partial charge >= 0.3 is 0 Å². The van der Waals surface area contributed by atoms with Crippen LogP contribution in [-0.4, -0.2) is 36.2 Å². The van der Waals surface area contributed by atoms with E-state index in [9.17, 15) is 9.59 Å². The Morgan fingerprint density at radius 1 is 1.12 bits per heavy atom. The monoisotopic (exact) mass is 392 g/mol. The van der Waals surface area contributed by atoms with Crippen molar-refractivity contribution in [2.45, 2.75) is 13.3 Å². The van der Waals surface area contributed by atoms with Crippen LogP contribution in [0.25, 0.3) is 0 Å². The maximum atomic E-state index is 13.0. The van der Waals surface area contributed by atoms with Gasteiger partial charge < -0.3 is 10.6 Å². The van der Waals surface area contributed by atoms with Crippen LogP contribution in [0, 0.1) is 5.41 Å². The fourth-order valence-corrected chi connectivity index (χ4v) is 3.28. The molecule has 0 saturated carbocycles. The van der Waals surface area contributed by atoms with E-state index in [1.165, 1.54) is 0 Å². The molecule has 1 amide bonds. The molecule has 4 nitrogen and oxygen atoms in total. The molecule has 1 heterocycles. The van der Waals surface area contributed by atoms with E-state index in [-0.39, 0.29) is 29.5 Å². The minimum atomic E-state index is -0.179. The number of likely N-dealkylation sites (tertiary alicyclic amines) is 1. The van der Waals surface area contributed by atoms with Crippen LogP contribution in [-0.2, 0) is 0 Å². The maximum absolute atomic E-state index is 13.0. The van der Waals surface area contributed by atoms with Crippen LogP contribution in [0.5, 0.6) is 0 Å². The number of halogens is 2. The van der Waals surface area contributed by atoms with Crippen LogP contribution in [0.3, 0.4) is 0 Å². The van der Waals surface area contributed by atoms with Crippen molar-refractivity contribution in [3.05, 3.63) is 70.2 Å². The average molecular weight is 393 g/mol. The smallest absolute Gasteiger partial charge is 0.254 e. The quantitative estimate of drug-likeness (QED) is 0.804. The standard InChI is InChI=1S/C20H21ClN2O2.ClH/c1-20(12-22)10-11-23(13-20)19(25)17-5-3-2-4-16(17)18(24)14-6-8-15(21)9-7-14;/h2-9H,10-13,22H2,1H3;1H. The van der Waals surface area contributed by atoms with Crippen LogP contribution in [0.15, 0.2) is 48.5 Å². The van der Waals surface area contributed by atoms with Crippen LogP contribution in [0.1, 0.15) is 39.6 Å². The second-order valence-electron chi connectivity index (χ2n) is 6.87. The highest BCUT2D eigenvalue weighted by Gasteiger charge is 2.36. The Labute approximate surface area is 164 Å². The molecule has 2 aromatic rings. The molecule has 3 rings (SSSR count). The number of amides is 1. The van der Waals surface area contributed by atoms with Crippen LogP contribution >= 0.6 is 24.0 Å². The first-order valence-electron chi connectivity index (χ1n) is 8.32. The zero-order valence-corrected chi connectivity index (χ0v) is 16.1. The summed E-state index contributed by atoms with van der Waals surface area (Å²) in [6.45, 7) is 3.91. The lowest BCUT2D eigenvalue weighted by Gasteiger charge is -2.23. The SMILES string of the molecule is CC1(CN)CCN(C(=O)c2ccccc2C(=O)c2ccc(Cl)cc2)C1.Cl. The Balaban J connectivity index is 0.00000243. The predicted molar refractivity (Wildman–Crippen MR) is 106 cm³/mol. The van der Waals surface area contributed by atoms with E-state index in [2.05, 4.69) is 6.92 Å². The Morgan fingerprint density at radius 2 is 1.73 bits per heavy atom. The molecule has 0 bridgehead atoms. The van der Waals surface area contributed by atoms with Crippen molar-refractivity contribution in [2.24, 2.45) is 11.1 Å². The third-order valence-corrected chi connectivity index (χ3v) is 5.10. The van der Waals surface area contributed by atoms with Crippen molar-refractivity contribution in [3.63, 3.8) is 0 Å². The van der Waals surface area contributed by atoms with E-state index in [1.54, 1.807) is 53.4 Å². The molecule has 138 valence electrons. The molecule has 0 aliphatic carbocycles. The Bertz CT molecular complexity index is 808. The molecule has 1 atom stereocenters. The summed E-state index contributed by atoms with van der Waals surface area (Å²) >= 11 is 5.89. The van der Waals surface area contributed by atoms with Gasteiger partial charge in [-0.2, -0.15) is 0 Å². The van der Waals surface area contributed by atoms with E-state index in [4.69, 9.17) is 17.3 Å². The molecule has 2 aromatic carbocycles. The normalized spacial score (nSPS) is 19.1. The summed E-state index contributed by atoms with van der Waals surface area (Å²) in [5, 5.41) is 0.569. The van der Waals surface area contributed by atoms with Gasteiger partial charge in [-0.3, -0.25) is 9.59 Å². The lowest BCUT2D eigenvalue weighted by atomic mass is 9.90. The van der Waals surface area contributed by atoms with Crippen molar-refractivity contribution in [1.29, 1.82) is 0 Å². The second kappa shape index (κ2) is 8.21. The number of rotatable bonds is 4. The molecule has 1 saturated heterocycles. The summed E-state index contributed by atoms with van der Waals surface area (Å²) in [6, 6.07) is 13.7. The summed E-state index contributed by atoms with van der Waals surface area (Å²) in [7, 11) is 0. The highest BCUT2D eigenvalue weighted by molar-refractivity contribution is 6.30. The fraction of sp³-hybridized carbons (Fsp3) is 0.300. The summed E-state index contributed by atoms with van der Waals surface area (Å²) < 4.78 is 0. The van der Waals surface area contributed by atoms with Crippen LogP contribution in [0.2, 0.25) is 5.02 Å². The summed E-state index contributed by atoms with van der Waals surface area (Å²) in [5.74, 6) is -0.295. The number of carbonyl (C=O) groups excluding carboxylic acids is 2. The van der Waals surface area contributed by atoms with Crippen LogP contribution in [0.4, 0.5) is 0 Å². The molecule has 26 heavy (non-hydrogen) atoms. The van der Waals surface area contributed by atoms with Gasteiger partial charge in [0.1, 0.15) is 0 Å². The van der Waals surface area contributed by atoms with E-state index in [1.807, 2.05) is 0 Å². The minimum absolute atomic E-state index is 0. The molecule has 0 radical (unpaired) electrons. The first kappa shape index (κ1) is 20.4. The molecule has 1 aliphatic rings. The molecule has 1 unspecified atom stereocenters. The maximum Gasteiger partial charge on any atom is 0.254 e. The lowest BCUT2D eigenvalue weighted by Crippen LogP contribution is -2.35. The average Bonchev–Trinajstić information content (AvgIpc) is 3.04. The van der Waals surface area contributed by atoms with E-state index >= 15 is 0 Å². The third kappa shape index (κ3) is 4.09. The molecule has 1 fully saturated rings. The van der Waals surface area contributed by atoms with Gasteiger partial charge in [0.05, 0.1) is 5.56 Å². The number of hydrogen-bond donors (Lipinski definition) is 1. The zero-order valence-electron chi connectivity index (χ0n) is 14.6. The number of carbonyl (C=O) groups is 2. The number of nitrogens with zero attached hydrogens (tertiary/aromatic N) is 1. The Kier molecular flexibility index (Phi) is 6.45. The van der Waals surface area contributed by atoms with Crippen molar-refractivity contribution >= 4 is 35.7 Å². The third-order valence-electron chi connectivity index (χ3n) is 4.85. The highest BCUT2D eigenvalue weighted by atomic mass is 35.5. The number of nitrogens with two attached hydrogens (primary N) is 1. The molecule has 6 heteroatoms. The van der Waals surface area contributed by atoms with E-state index in [0.29, 0.717) is 41.3 Å². The fourth-order valence-electron chi connectivity index (χ4n) is 3.16. The van der Waals surface area contributed by atoms with Crippen molar-refractivity contribution < 1.29 is 9.59 Å². The molecule has 2 N–H and O–H groups in total. The van der Waals surface area contributed by atoms with Crippen molar-refractivity contribution in [1.82, 2.24) is 4.90 Å². The van der Waals surface area contributed by atoms with Gasteiger partial charge in [-0.05, 0) is 48.7 Å². The van der Waals surface area contributed by atoms with E-state index in [0.717, 1.165) is 6.42 Å². The first-order chi connectivity index (χ1) is 11.9. The number of ketones is 1. The van der Waals surface area contributed by atoms with Gasteiger partial charge in [-0.15, -0.1) is 12.4 Å². The number of benzene rings is 2. The second-order valence-corrected chi connectivity index (χ2v) is 7.31. The topological polar surface area (TPSA) is 63.4 Å². The molecular formula is C20H22Cl2N2O2. The number of hydrogen-bond acceptors (Lipinski definition) is 3. The van der Waals surface area contributed by atoms with Gasteiger partial charge in [0, 0.05) is 29.2 Å².